The molecule has 2 fully saturated rings. The highest BCUT2D eigenvalue weighted by molar-refractivity contribution is 7.89. The monoisotopic (exact) mass is 313 g/mol. The third-order valence-electron chi connectivity index (χ3n) is 4.72. The molecular formula is C13H23N5O2S. The summed E-state index contributed by atoms with van der Waals surface area (Å²) in [5.41, 5.74) is 5.47. The van der Waals surface area contributed by atoms with Gasteiger partial charge in [-0.15, -0.1) is 0 Å². The molecule has 0 amide bonds. The molecule has 21 heavy (non-hydrogen) atoms. The first-order chi connectivity index (χ1) is 10.0. The maximum absolute atomic E-state index is 12.8. The van der Waals surface area contributed by atoms with Gasteiger partial charge in [-0.25, -0.2) is 8.42 Å². The van der Waals surface area contributed by atoms with Crippen LogP contribution in [0.25, 0.3) is 0 Å². The maximum Gasteiger partial charge on any atom is 0.246 e. The fourth-order valence-electron chi connectivity index (χ4n) is 3.38. The predicted molar refractivity (Wildman–Crippen MR) is 79.2 cm³/mol. The van der Waals surface area contributed by atoms with Crippen LogP contribution in [0.1, 0.15) is 19.3 Å². The van der Waals surface area contributed by atoms with Gasteiger partial charge in [-0.1, -0.05) is 0 Å². The molecule has 0 radical (unpaired) electrons. The summed E-state index contributed by atoms with van der Waals surface area (Å²) in [4.78, 5) is 2.62. The standard InChI is InChI=1S/C13H23N5O2S/c1-16-11-2-3-12(16)9-18(6-4-11)21(19,20)13-8-15-17(10-13)7-5-14/h8,10-12H,2-7,9,14H2,1H3. The normalized spacial score (nSPS) is 27.9. The number of hydrogen-bond donors (Lipinski definition) is 1. The van der Waals surface area contributed by atoms with Gasteiger partial charge in [0.25, 0.3) is 0 Å². The molecule has 2 aliphatic heterocycles. The number of nitrogens with two attached hydrogens (primary N) is 1. The molecule has 1 aromatic heterocycles. The summed E-state index contributed by atoms with van der Waals surface area (Å²) >= 11 is 0. The maximum atomic E-state index is 12.8. The molecule has 2 unspecified atom stereocenters. The molecule has 118 valence electrons. The molecule has 0 spiro atoms. The Bertz CT molecular complexity index is 599. The van der Waals surface area contributed by atoms with Crippen molar-refractivity contribution in [3.63, 3.8) is 0 Å². The van der Waals surface area contributed by atoms with E-state index in [0.717, 1.165) is 12.8 Å². The van der Waals surface area contributed by atoms with Crippen LogP contribution in [0.5, 0.6) is 0 Å². The molecule has 2 bridgehead atoms. The second-order valence-corrected chi connectivity index (χ2v) is 7.87. The van der Waals surface area contributed by atoms with Crippen molar-refractivity contribution in [1.82, 2.24) is 19.0 Å². The van der Waals surface area contributed by atoms with Crippen LogP contribution < -0.4 is 5.73 Å². The van der Waals surface area contributed by atoms with Crippen molar-refractivity contribution in [2.45, 2.75) is 42.8 Å². The van der Waals surface area contributed by atoms with E-state index in [4.69, 9.17) is 5.73 Å². The lowest BCUT2D eigenvalue weighted by atomic mass is 10.1. The number of rotatable bonds is 4. The van der Waals surface area contributed by atoms with Crippen molar-refractivity contribution in [1.29, 1.82) is 0 Å². The van der Waals surface area contributed by atoms with Gasteiger partial charge in [0.05, 0.1) is 12.7 Å². The minimum atomic E-state index is -3.45. The Morgan fingerprint density at radius 2 is 2.10 bits per heavy atom. The van der Waals surface area contributed by atoms with E-state index in [1.54, 1.807) is 15.2 Å². The molecule has 3 heterocycles. The third-order valence-corrected chi connectivity index (χ3v) is 6.53. The molecule has 2 atom stereocenters. The Morgan fingerprint density at radius 3 is 2.86 bits per heavy atom. The van der Waals surface area contributed by atoms with Crippen LogP contribution >= 0.6 is 0 Å². The zero-order valence-electron chi connectivity index (χ0n) is 12.4. The number of fused-ring (bicyclic) bond motifs is 2. The Balaban J connectivity index is 1.81. The Hall–Kier alpha value is -0.960. The number of aromatic nitrogens is 2. The summed E-state index contributed by atoms with van der Waals surface area (Å²) < 4.78 is 28.7. The Kier molecular flexibility index (Phi) is 4.04. The van der Waals surface area contributed by atoms with E-state index in [1.807, 2.05) is 0 Å². The number of likely N-dealkylation sites (N-methyl/N-ethyl adjacent to an activating group) is 1. The van der Waals surface area contributed by atoms with Crippen molar-refractivity contribution >= 4 is 10.0 Å². The van der Waals surface area contributed by atoms with Crippen LogP contribution in [-0.4, -0.2) is 66.2 Å². The summed E-state index contributed by atoms with van der Waals surface area (Å²) in [6.45, 7) is 2.15. The van der Waals surface area contributed by atoms with Gasteiger partial charge in [-0.3, -0.25) is 9.58 Å². The van der Waals surface area contributed by atoms with E-state index in [2.05, 4.69) is 17.0 Å². The van der Waals surface area contributed by atoms with Crippen molar-refractivity contribution in [2.24, 2.45) is 5.73 Å². The quantitative estimate of drug-likeness (QED) is 0.825. The highest BCUT2D eigenvalue weighted by atomic mass is 32.2. The van der Waals surface area contributed by atoms with Gasteiger partial charge >= 0.3 is 0 Å². The fraction of sp³-hybridized carbons (Fsp3) is 0.769. The minimum Gasteiger partial charge on any atom is -0.329 e. The van der Waals surface area contributed by atoms with Gasteiger partial charge < -0.3 is 5.73 Å². The average molecular weight is 313 g/mol. The van der Waals surface area contributed by atoms with Crippen LogP contribution in [0.3, 0.4) is 0 Å². The number of nitrogens with zero attached hydrogens (tertiary/aromatic N) is 4. The van der Waals surface area contributed by atoms with Gasteiger partial charge in [0.15, 0.2) is 0 Å². The lowest BCUT2D eigenvalue weighted by Crippen LogP contribution is -2.39. The van der Waals surface area contributed by atoms with E-state index in [0.29, 0.717) is 38.3 Å². The average Bonchev–Trinajstić information content (AvgIpc) is 2.96. The summed E-state index contributed by atoms with van der Waals surface area (Å²) in [5.74, 6) is 0. The minimum absolute atomic E-state index is 0.274. The highest BCUT2D eigenvalue weighted by Crippen LogP contribution is 2.30. The Morgan fingerprint density at radius 1 is 1.33 bits per heavy atom. The van der Waals surface area contributed by atoms with E-state index in [1.165, 1.54) is 12.6 Å². The summed E-state index contributed by atoms with van der Waals surface area (Å²) in [6.07, 6.45) is 6.18. The first-order valence-corrected chi connectivity index (χ1v) is 8.91. The molecule has 0 aromatic carbocycles. The SMILES string of the molecule is CN1C2CCC1CN(S(=O)(=O)c1cnn(CCN)c1)CC2. The van der Waals surface area contributed by atoms with Gasteiger partial charge in [-0.2, -0.15) is 9.40 Å². The first-order valence-electron chi connectivity index (χ1n) is 7.47. The largest absolute Gasteiger partial charge is 0.329 e. The van der Waals surface area contributed by atoms with Crippen LogP contribution in [0, 0.1) is 0 Å². The van der Waals surface area contributed by atoms with Gasteiger partial charge in [0.1, 0.15) is 4.90 Å². The molecule has 0 aliphatic carbocycles. The lowest BCUT2D eigenvalue weighted by molar-refractivity contribution is 0.246. The van der Waals surface area contributed by atoms with E-state index < -0.39 is 10.0 Å². The predicted octanol–water partition coefficient (Wildman–Crippen LogP) is -0.301. The molecule has 7 nitrogen and oxygen atoms in total. The molecule has 2 aliphatic rings. The van der Waals surface area contributed by atoms with E-state index in [9.17, 15) is 8.42 Å². The summed E-state index contributed by atoms with van der Waals surface area (Å²) in [5, 5.41) is 4.07. The molecule has 2 N–H and O–H groups in total. The van der Waals surface area contributed by atoms with Crippen LogP contribution in [0.15, 0.2) is 17.3 Å². The second-order valence-electron chi connectivity index (χ2n) is 5.93. The summed E-state index contributed by atoms with van der Waals surface area (Å²) in [6, 6.07) is 0.863. The molecule has 8 heteroatoms. The molecule has 2 saturated heterocycles. The highest BCUT2D eigenvalue weighted by Gasteiger charge is 2.38. The molecule has 0 saturated carbocycles. The van der Waals surface area contributed by atoms with Crippen molar-refractivity contribution in [2.75, 3.05) is 26.7 Å². The smallest absolute Gasteiger partial charge is 0.246 e. The first kappa shape index (κ1) is 15.0. The fourth-order valence-corrected chi connectivity index (χ4v) is 4.82. The number of sulfonamides is 1. The topological polar surface area (TPSA) is 84.5 Å². The van der Waals surface area contributed by atoms with E-state index in [-0.39, 0.29) is 4.90 Å². The molecular weight excluding hydrogens is 290 g/mol. The zero-order valence-corrected chi connectivity index (χ0v) is 13.2. The third kappa shape index (κ3) is 2.73. The lowest BCUT2D eigenvalue weighted by Gasteiger charge is -2.24. The van der Waals surface area contributed by atoms with Crippen LogP contribution in [0.2, 0.25) is 0 Å². The van der Waals surface area contributed by atoms with Crippen LogP contribution in [0.4, 0.5) is 0 Å². The molecule has 3 rings (SSSR count). The van der Waals surface area contributed by atoms with E-state index >= 15 is 0 Å². The molecule has 1 aromatic rings. The van der Waals surface area contributed by atoms with Crippen molar-refractivity contribution in [3.8, 4) is 0 Å². The number of hydrogen-bond acceptors (Lipinski definition) is 5. The van der Waals surface area contributed by atoms with Crippen LogP contribution in [-0.2, 0) is 16.6 Å². The van der Waals surface area contributed by atoms with Crippen molar-refractivity contribution < 1.29 is 8.42 Å². The Labute approximate surface area is 125 Å². The second kappa shape index (κ2) is 5.68. The zero-order chi connectivity index (χ0) is 15.0. The van der Waals surface area contributed by atoms with Gasteiger partial charge in [0, 0.05) is 37.9 Å². The summed E-state index contributed by atoms with van der Waals surface area (Å²) in [7, 11) is -1.34. The van der Waals surface area contributed by atoms with Gasteiger partial charge in [-0.05, 0) is 26.3 Å². The van der Waals surface area contributed by atoms with Crippen molar-refractivity contribution in [3.05, 3.63) is 12.4 Å². The van der Waals surface area contributed by atoms with Gasteiger partial charge in [0.2, 0.25) is 10.0 Å².